The number of rotatable bonds is 3. The molecule has 3 aliphatic rings. The van der Waals surface area contributed by atoms with E-state index in [2.05, 4.69) is 4.90 Å². The van der Waals surface area contributed by atoms with Crippen molar-refractivity contribution < 1.29 is 14.3 Å². The average molecular weight is 296 g/mol. The summed E-state index contributed by atoms with van der Waals surface area (Å²) in [4.78, 5) is 17.0. The lowest BCUT2D eigenvalue weighted by Gasteiger charge is -2.40. The SMILES string of the molecule is COC[C@@H]1CN(C)C(=O)[C@@H]2CCN([C@H]3CCOC3)CC[C@H]12. The summed E-state index contributed by atoms with van der Waals surface area (Å²) in [7, 11) is 3.71. The minimum Gasteiger partial charge on any atom is -0.384 e. The van der Waals surface area contributed by atoms with Gasteiger partial charge in [-0.05, 0) is 38.3 Å². The molecule has 0 unspecified atom stereocenters. The maximum Gasteiger partial charge on any atom is 0.225 e. The lowest BCUT2D eigenvalue weighted by atomic mass is 9.75. The van der Waals surface area contributed by atoms with Crippen LogP contribution in [0, 0.1) is 17.8 Å². The highest BCUT2D eigenvalue weighted by Crippen LogP contribution is 2.37. The molecule has 3 fully saturated rings. The summed E-state index contributed by atoms with van der Waals surface area (Å²) < 4.78 is 10.9. The van der Waals surface area contributed by atoms with E-state index < -0.39 is 0 Å². The summed E-state index contributed by atoms with van der Waals surface area (Å²) in [6.45, 7) is 5.51. The predicted molar refractivity (Wildman–Crippen MR) is 80.0 cm³/mol. The van der Waals surface area contributed by atoms with Crippen LogP contribution in [0.1, 0.15) is 19.3 Å². The summed E-state index contributed by atoms with van der Waals surface area (Å²) in [5, 5.41) is 0. The van der Waals surface area contributed by atoms with Gasteiger partial charge in [0, 0.05) is 45.2 Å². The zero-order chi connectivity index (χ0) is 14.8. The van der Waals surface area contributed by atoms with Gasteiger partial charge in [-0.15, -0.1) is 0 Å². The van der Waals surface area contributed by atoms with E-state index in [0.717, 1.165) is 58.7 Å². The number of carbonyl (C=O) groups excluding carboxylic acids is 1. The van der Waals surface area contributed by atoms with Crippen molar-refractivity contribution in [3.8, 4) is 0 Å². The first-order valence-corrected chi connectivity index (χ1v) is 8.26. The standard InChI is InChI=1S/C16H28N2O3/c1-17-9-12(10-20-2)14-3-6-18(13-5-8-21-11-13)7-4-15(14)16(17)19/h12-15H,3-11H2,1-2H3/t12-,13-,14+,15+/m0/s1. The monoisotopic (exact) mass is 296 g/mol. The number of piperidine rings is 1. The summed E-state index contributed by atoms with van der Waals surface area (Å²) in [5.74, 6) is 1.51. The second-order valence-electron chi connectivity index (χ2n) is 6.84. The number of likely N-dealkylation sites (tertiary alicyclic amines) is 2. The highest BCUT2D eigenvalue weighted by molar-refractivity contribution is 5.79. The van der Waals surface area contributed by atoms with E-state index in [9.17, 15) is 4.79 Å². The topological polar surface area (TPSA) is 42.0 Å². The van der Waals surface area contributed by atoms with Crippen molar-refractivity contribution in [2.24, 2.45) is 17.8 Å². The second-order valence-corrected chi connectivity index (χ2v) is 6.84. The fourth-order valence-electron chi connectivity index (χ4n) is 4.44. The van der Waals surface area contributed by atoms with Gasteiger partial charge >= 0.3 is 0 Å². The molecule has 120 valence electrons. The molecule has 4 atom stereocenters. The van der Waals surface area contributed by atoms with Crippen LogP contribution in [0.25, 0.3) is 0 Å². The molecular weight excluding hydrogens is 268 g/mol. The highest BCUT2D eigenvalue weighted by Gasteiger charge is 2.43. The Labute approximate surface area is 127 Å². The Morgan fingerprint density at radius 3 is 2.81 bits per heavy atom. The van der Waals surface area contributed by atoms with E-state index in [-0.39, 0.29) is 5.92 Å². The third kappa shape index (κ3) is 3.10. The summed E-state index contributed by atoms with van der Waals surface area (Å²) in [5.41, 5.74) is 0. The number of carbonyl (C=O) groups is 1. The van der Waals surface area contributed by atoms with Gasteiger partial charge in [0.05, 0.1) is 13.2 Å². The molecule has 5 heteroatoms. The van der Waals surface area contributed by atoms with Crippen LogP contribution in [0.3, 0.4) is 0 Å². The molecule has 0 spiro atoms. The van der Waals surface area contributed by atoms with Crippen LogP contribution in [0.5, 0.6) is 0 Å². The Morgan fingerprint density at radius 1 is 1.29 bits per heavy atom. The van der Waals surface area contributed by atoms with Crippen molar-refractivity contribution in [1.82, 2.24) is 9.80 Å². The zero-order valence-corrected chi connectivity index (χ0v) is 13.3. The zero-order valence-electron chi connectivity index (χ0n) is 13.3. The molecule has 3 saturated heterocycles. The fourth-order valence-corrected chi connectivity index (χ4v) is 4.44. The molecule has 0 aromatic carbocycles. The Kier molecular flexibility index (Phi) is 4.82. The number of hydrogen-bond acceptors (Lipinski definition) is 4. The largest absolute Gasteiger partial charge is 0.384 e. The van der Waals surface area contributed by atoms with Crippen LogP contribution in [0.15, 0.2) is 0 Å². The van der Waals surface area contributed by atoms with E-state index in [1.165, 1.54) is 0 Å². The normalized spacial score (nSPS) is 38.4. The van der Waals surface area contributed by atoms with Gasteiger partial charge in [0.2, 0.25) is 5.91 Å². The number of hydrogen-bond donors (Lipinski definition) is 0. The van der Waals surface area contributed by atoms with E-state index in [1.807, 2.05) is 11.9 Å². The Bertz CT molecular complexity index is 371. The van der Waals surface area contributed by atoms with Gasteiger partial charge in [0.25, 0.3) is 0 Å². The van der Waals surface area contributed by atoms with Crippen LogP contribution in [0.2, 0.25) is 0 Å². The first kappa shape index (κ1) is 15.3. The third-order valence-electron chi connectivity index (χ3n) is 5.60. The molecular formula is C16H28N2O3. The summed E-state index contributed by atoms with van der Waals surface area (Å²) in [6, 6.07) is 0.568. The molecule has 0 bridgehead atoms. The van der Waals surface area contributed by atoms with Crippen molar-refractivity contribution in [3.05, 3.63) is 0 Å². The predicted octanol–water partition coefficient (Wildman–Crippen LogP) is 0.838. The molecule has 21 heavy (non-hydrogen) atoms. The quantitative estimate of drug-likeness (QED) is 0.774. The molecule has 3 heterocycles. The highest BCUT2D eigenvalue weighted by atomic mass is 16.5. The van der Waals surface area contributed by atoms with Crippen LogP contribution in [-0.4, -0.2) is 75.4 Å². The molecule has 0 aliphatic carbocycles. The molecule has 3 aliphatic heterocycles. The van der Waals surface area contributed by atoms with Crippen LogP contribution < -0.4 is 0 Å². The first-order valence-electron chi connectivity index (χ1n) is 8.26. The van der Waals surface area contributed by atoms with Gasteiger partial charge in [-0.2, -0.15) is 0 Å². The van der Waals surface area contributed by atoms with Crippen molar-refractivity contribution >= 4 is 5.91 Å². The molecule has 0 radical (unpaired) electrons. The van der Waals surface area contributed by atoms with Crippen molar-refractivity contribution in [2.45, 2.75) is 25.3 Å². The van der Waals surface area contributed by atoms with Gasteiger partial charge in [0.15, 0.2) is 0 Å². The first-order chi connectivity index (χ1) is 10.2. The van der Waals surface area contributed by atoms with E-state index in [0.29, 0.717) is 23.8 Å². The molecule has 1 amide bonds. The van der Waals surface area contributed by atoms with Crippen molar-refractivity contribution in [1.29, 1.82) is 0 Å². The molecule has 0 N–H and O–H groups in total. The number of fused-ring (bicyclic) bond motifs is 1. The van der Waals surface area contributed by atoms with Crippen LogP contribution >= 0.6 is 0 Å². The van der Waals surface area contributed by atoms with Gasteiger partial charge in [-0.1, -0.05) is 0 Å². The maximum absolute atomic E-state index is 12.5. The molecule has 0 aromatic heterocycles. The van der Waals surface area contributed by atoms with Gasteiger partial charge in [-0.25, -0.2) is 0 Å². The van der Waals surface area contributed by atoms with E-state index in [4.69, 9.17) is 9.47 Å². The van der Waals surface area contributed by atoms with Crippen LogP contribution in [-0.2, 0) is 14.3 Å². The third-order valence-corrected chi connectivity index (χ3v) is 5.60. The molecule has 0 aromatic rings. The van der Waals surface area contributed by atoms with Gasteiger partial charge in [0.1, 0.15) is 0 Å². The minimum absolute atomic E-state index is 0.191. The lowest BCUT2D eigenvalue weighted by molar-refractivity contribution is -0.143. The minimum atomic E-state index is 0.191. The van der Waals surface area contributed by atoms with Gasteiger partial charge in [-0.3, -0.25) is 9.69 Å². The maximum atomic E-state index is 12.5. The van der Waals surface area contributed by atoms with Crippen LogP contribution in [0.4, 0.5) is 0 Å². The number of methoxy groups -OCH3 is 1. The van der Waals surface area contributed by atoms with E-state index >= 15 is 0 Å². The van der Waals surface area contributed by atoms with E-state index in [1.54, 1.807) is 7.11 Å². The molecule has 3 rings (SSSR count). The summed E-state index contributed by atoms with van der Waals surface area (Å²) >= 11 is 0. The number of nitrogens with zero attached hydrogens (tertiary/aromatic N) is 2. The van der Waals surface area contributed by atoms with Gasteiger partial charge < -0.3 is 14.4 Å². The fraction of sp³-hybridized carbons (Fsp3) is 0.938. The lowest BCUT2D eigenvalue weighted by Crippen LogP contribution is -2.49. The smallest absolute Gasteiger partial charge is 0.225 e. The Hall–Kier alpha value is -0.650. The Balaban J connectivity index is 1.70. The Morgan fingerprint density at radius 2 is 2.10 bits per heavy atom. The van der Waals surface area contributed by atoms with Crippen molar-refractivity contribution in [3.63, 3.8) is 0 Å². The summed E-state index contributed by atoms with van der Waals surface area (Å²) in [6.07, 6.45) is 3.25. The molecule has 5 nitrogen and oxygen atoms in total. The van der Waals surface area contributed by atoms with Crippen molar-refractivity contribution in [2.75, 3.05) is 53.6 Å². The number of amides is 1. The number of ether oxygens (including phenoxy) is 2. The average Bonchev–Trinajstić information content (AvgIpc) is 2.91. The second kappa shape index (κ2) is 6.63. The molecule has 0 saturated carbocycles.